The molecule has 0 radical (unpaired) electrons. The largest absolute Gasteiger partial charge is 0.285 e. The van der Waals surface area contributed by atoms with Crippen molar-refractivity contribution in [3.63, 3.8) is 0 Å². The second-order valence-electron chi connectivity index (χ2n) is 2.97. The number of hydrogen-bond donors (Lipinski definition) is 1. The van der Waals surface area contributed by atoms with Gasteiger partial charge in [-0.25, -0.2) is 8.78 Å². The van der Waals surface area contributed by atoms with Gasteiger partial charge in [-0.3, -0.25) is 8.94 Å². The molecule has 7 heteroatoms. The van der Waals surface area contributed by atoms with Gasteiger partial charge in [0.15, 0.2) is 0 Å². The van der Waals surface area contributed by atoms with Gasteiger partial charge in [0.1, 0.15) is 18.1 Å². The summed E-state index contributed by atoms with van der Waals surface area (Å²) in [6.07, 6.45) is -4.17. The Hall–Kier alpha value is -0.300. The quantitative estimate of drug-likeness (QED) is 0.538. The van der Waals surface area contributed by atoms with Gasteiger partial charge in [0.25, 0.3) is 10.1 Å². The minimum absolute atomic E-state index is 0.124. The molecule has 0 heterocycles. The molecule has 2 atom stereocenters. The standard InChI is InChI=1S/C7H13F3O3S/c8-4-2-1-3-6(9)7(10)5-14(11,12)13/h6-7H,1-5H2,(H,11,12,13). The molecule has 0 aromatic carbocycles. The van der Waals surface area contributed by atoms with Crippen LogP contribution in [-0.2, 0) is 10.1 Å². The van der Waals surface area contributed by atoms with Crippen LogP contribution in [0.2, 0.25) is 0 Å². The van der Waals surface area contributed by atoms with Crippen LogP contribution in [0.1, 0.15) is 19.3 Å². The maximum Gasteiger partial charge on any atom is 0.267 e. The highest BCUT2D eigenvalue weighted by Gasteiger charge is 2.25. The summed E-state index contributed by atoms with van der Waals surface area (Å²) in [5.41, 5.74) is 0. The minimum atomic E-state index is -4.49. The first-order valence-electron chi connectivity index (χ1n) is 4.16. The van der Waals surface area contributed by atoms with Gasteiger partial charge in [-0.2, -0.15) is 8.42 Å². The van der Waals surface area contributed by atoms with Crippen LogP contribution in [0.5, 0.6) is 0 Å². The lowest BCUT2D eigenvalue weighted by molar-refractivity contribution is 0.168. The molecule has 86 valence electrons. The van der Waals surface area contributed by atoms with Crippen molar-refractivity contribution >= 4 is 10.1 Å². The molecule has 0 aromatic rings. The third-order valence-electron chi connectivity index (χ3n) is 1.63. The van der Waals surface area contributed by atoms with Crippen molar-refractivity contribution in [1.82, 2.24) is 0 Å². The SMILES string of the molecule is O=S(=O)(O)CC(F)C(F)CCCCF. The normalized spacial score (nSPS) is 16.6. The Bertz CT molecular complexity index is 243. The fourth-order valence-electron chi connectivity index (χ4n) is 0.920. The van der Waals surface area contributed by atoms with E-state index < -0.39 is 34.9 Å². The predicted octanol–water partition coefficient (Wildman–Crippen LogP) is 1.69. The average molecular weight is 234 g/mol. The van der Waals surface area contributed by atoms with E-state index in [1.807, 2.05) is 0 Å². The molecule has 14 heavy (non-hydrogen) atoms. The van der Waals surface area contributed by atoms with Gasteiger partial charge in [0.05, 0.1) is 6.67 Å². The van der Waals surface area contributed by atoms with E-state index >= 15 is 0 Å². The first-order valence-corrected chi connectivity index (χ1v) is 5.77. The zero-order valence-electron chi connectivity index (χ0n) is 7.50. The Kier molecular flexibility index (Phi) is 6.10. The molecular weight excluding hydrogens is 221 g/mol. The second-order valence-corrected chi connectivity index (χ2v) is 4.46. The molecule has 0 bridgehead atoms. The van der Waals surface area contributed by atoms with Gasteiger partial charge in [0.2, 0.25) is 0 Å². The Morgan fingerprint density at radius 2 is 1.71 bits per heavy atom. The first kappa shape index (κ1) is 13.7. The van der Waals surface area contributed by atoms with Crippen LogP contribution in [0.3, 0.4) is 0 Å². The van der Waals surface area contributed by atoms with Crippen molar-refractivity contribution in [3.8, 4) is 0 Å². The minimum Gasteiger partial charge on any atom is -0.285 e. The van der Waals surface area contributed by atoms with Gasteiger partial charge in [-0.1, -0.05) is 0 Å². The molecule has 0 spiro atoms. The number of unbranched alkanes of at least 4 members (excludes halogenated alkanes) is 1. The van der Waals surface area contributed by atoms with E-state index in [1.165, 1.54) is 0 Å². The van der Waals surface area contributed by atoms with E-state index in [1.54, 1.807) is 0 Å². The number of alkyl halides is 3. The summed E-state index contributed by atoms with van der Waals surface area (Å²) in [4.78, 5) is 0. The third-order valence-corrected chi connectivity index (χ3v) is 2.37. The van der Waals surface area contributed by atoms with Gasteiger partial charge in [-0.15, -0.1) is 0 Å². The van der Waals surface area contributed by atoms with Crippen LogP contribution in [0.15, 0.2) is 0 Å². The monoisotopic (exact) mass is 234 g/mol. The zero-order valence-corrected chi connectivity index (χ0v) is 8.31. The number of rotatable bonds is 7. The number of halogens is 3. The van der Waals surface area contributed by atoms with Gasteiger partial charge < -0.3 is 0 Å². The van der Waals surface area contributed by atoms with Crippen LogP contribution in [0.25, 0.3) is 0 Å². The van der Waals surface area contributed by atoms with Crippen molar-refractivity contribution in [2.75, 3.05) is 12.4 Å². The summed E-state index contributed by atoms with van der Waals surface area (Å²) in [6, 6.07) is 0. The van der Waals surface area contributed by atoms with Crippen molar-refractivity contribution in [2.45, 2.75) is 31.6 Å². The second kappa shape index (κ2) is 6.23. The van der Waals surface area contributed by atoms with E-state index in [0.29, 0.717) is 0 Å². The van der Waals surface area contributed by atoms with E-state index in [0.717, 1.165) is 0 Å². The summed E-state index contributed by atoms with van der Waals surface area (Å²) >= 11 is 0. The highest BCUT2D eigenvalue weighted by atomic mass is 32.2. The number of hydrogen-bond acceptors (Lipinski definition) is 2. The molecule has 0 rings (SSSR count). The topological polar surface area (TPSA) is 54.4 Å². The molecule has 1 N–H and O–H groups in total. The Morgan fingerprint density at radius 1 is 1.14 bits per heavy atom. The maximum absolute atomic E-state index is 12.8. The molecular formula is C7H13F3O3S. The lowest BCUT2D eigenvalue weighted by Crippen LogP contribution is -2.26. The summed E-state index contributed by atoms with van der Waals surface area (Å²) in [5.74, 6) is -1.25. The molecule has 3 nitrogen and oxygen atoms in total. The highest BCUT2D eigenvalue weighted by Crippen LogP contribution is 2.13. The van der Waals surface area contributed by atoms with E-state index in [2.05, 4.69) is 0 Å². The van der Waals surface area contributed by atoms with Crippen LogP contribution < -0.4 is 0 Å². The molecule has 0 saturated heterocycles. The van der Waals surface area contributed by atoms with Crippen LogP contribution in [-0.4, -0.2) is 37.7 Å². The molecule has 2 unspecified atom stereocenters. The zero-order chi connectivity index (χ0) is 11.2. The van der Waals surface area contributed by atoms with Gasteiger partial charge >= 0.3 is 0 Å². The fourth-order valence-corrected chi connectivity index (χ4v) is 1.53. The van der Waals surface area contributed by atoms with Crippen molar-refractivity contribution in [2.24, 2.45) is 0 Å². The maximum atomic E-state index is 12.8. The summed E-state index contributed by atoms with van der Waals surface area (Å²) in [5, 5.41) is 0. The Morgan fingerprint density at radius 3 is 2.14 bits per heavy atom. The van der Waals surface area contributed by atoms with Crippen molar-refractivity contribution in [1.29, 1.82) is 0 Å². The van der Waals surface area contributed by atoms with E-state index in [9.17, 15) is 21.6 Å². The average Bonchev–Trinajstić information content (AvgIpc) is 2.01. The summed E-state index contributed by atoms with van der Waals surface area (Å²) < 4.78 is 65.6. The summed E-state index contributed by atoms with van der Waals surface area (Å²) in [7, 11) is -4.49. The van der Waals surface area contributed by atoms with Crippen LogP contribution in [0.4, 0.5) is 13.2 Å². The highest BCUT2D eigenvalue weighted by molar-refractivity contribution is 7.85. The lowest BCUT2D eigenvalue weighted by Gasteiger charge is -2.11. The molecule has 0 amide bonds. The first-order chi connectivity index (χ1) is 6.37. The van der Waals surface area contributed by atoms with E-state index in [4.69, 9.17) is 4.55 Å². The molecule has 0 aliphatic carbocycles. The fraction of sp³-hybridized carbons (Fsp3) is 1.00. The summed E-state index contributed by atoms with van der Waals surface area (Å²) in [6.45, 7) is -0.609. The predicted molar refractivity (Wildman–Crippen MR) is 46.0 cm³/mol. The van der Waals surface area contributed by atoms with Gasteiger partial charge in [-0.05, 0) is 19.3 Å². The Balaban J connectivity index is 3.82. The Labute approximate surface area is 81.1 Å². The van der Waals surface area contributed by atoms with Crippen LogP contribution >= 0.6 is 0 Å². The van der Waals surface area contributed by atoms with Crippen LogP contribution in [0, 0.1) is 0 Å². The third kappa shape index (κ3) is 7.14. The van der Waals surface area contributed by atoms with Crippen molar-refractivity contribution < 1.29 is 26.1 Å². The smallest absolute Gasteiger partial charge is 0.267 e. The lowest BCUT2D eigenvalue weighted by atomic mass is 10.1. The van der Waals surface area contributed by atoms with Crippen molar-refractivity contribution in [3.05, 3.63) is 0 Å². The van der Waals surface area contributed by atoms with Gasteiger partial charge in [0, 0.05) is 0 Å². The molecule has 0 aromatic heterocycles. The molecule has 0 fully saturated rings. The molecule has 0 saturated carbocycles. The molecule has 0 aliphatic heterocycles. The van der Waals surface area contributed by atoms with E-state index in [-0.39, 0.29) is 19.3 Å². The molecule has 0 aliphatic rings.